The van der Waals surface area contributed by atoms with E-state index in [4.69, 9.17) is 9.15 Å². The number of aliphatic hydroxyl groups excluding tert-OH is 1. The van der Waals surface area contributed by atoms with Crippen LogP contribution in [0.4, 0.5) is 4.79 Å². The number of hydrogen-bond donors (Lipinski definition) is 3. The molecule has 0 bridgehead atoms. The van der Waals surface area contributed by atoms with Gasteiger partial charge in [-0.15, -0.1) is 0 Å². The maximum atomic E-state index is 11.6. The van der Waals surface area contributed by atoms with Gasteiger partial charge in [-0.2, -0.15) is 0 Å². The highest BCUT2D eigenvalue weighted by Gasteiger charge is 2.11. The molecule has 0 aliphatic carbocycles. The number of nitrogens with one attached hydrogen (secondary N) is 2. The first-order valence-corrected chi connectivity index (χ1v) is 7.05. The van der Waals surface area contributed by atoms with Gasteiger partial charge >= 0.3 is 6.03 Å². The second kappa shape index (κ2) is 8.09. The number of hydrogen-bond acceptors (Lipinski definition) is 4. The van der Waals surface area contributed by atoms with Crippen LogP contribution in [0.5, 0.6) is 5.75 Å². The molecule has 1 unspecified atom stereocenters. The van der Waals surface area contributed by atoms with Crippen LogP contribution in [0, 0.1) is 0 Å². The van der Waals surface area contributed by atoms with Gasteiger partial charge in [0.25, 0.3) is 0 Å². The van der Waals surface area contributed by atoms with Crippen LogP contribution in [0.25, 0.3) is 0 Å². The maximum absolute atomic E-state index is 11.6. The molecule has 1 aromatic heterocycles. The molecular weight excluding hydrogens is 284 g/mol. The fourth-order valence-corrected chi connectivity index (χ4v) is 1.98. The van der Waals surface area contributed by atoms with Gasteiger partial charge in [-0.05, 0) is 36.2 Å². The molecular formula is C16H20N2O4. The van der Waals surface area contributed by atoms with Crippen molar-refractivity contribution in [2.75, 3.05) is 20.2 Å². The summed E-state index contributed by atoms with van der Waals surface area (Å²) in [7, 11) is 1.62. The monoisotopic (exact) mass is 304 g/mol. The topological polar surface area (TPSA) is 83.7 Å². The summed E-state index contributed by atoms with van der Waals surface area (Å²) >= 11 is 0. The van der Waals surface area contributed by atoms with Gasteiger partial charge in [0.1, 0.15) is 17.6 Å². The minimum absolute atomic E-state index is 0.0957. The lowest BCUT2D eigenvalue weighted by molar-refractivity contribution is 0.148. The Balaban J connectivity index is 1.67. The first kappa shape index (κ1) is 15.9. The van der Waals surface area contributed by atoms with E-state index in [-0.39, 0.29) is 12.6 Å². The lowest BCUT2D eigenvalue weighted by Gasteiger charge is -2.11. The highest BCUT2D eigenvalue weighted by atomic mass is 16.5. The van der Waals surface area contributed by atoms with Crippen LogP contribution < -0.4 is 15.4 Å². The van der Waals surface area contributed by atoms with Crippen LogP contribution in [0.1, 0.15) is 17.4 Å². The quantitative estimate of drug-likeness (QED) is 0.729. The molecule has 0 saturated carbocycles. The molecule has 6 heteroatoms. The molecule has 1 aromatic carbocycles. The second-order valence-electron chi connectivity index (χ2n) is 4.77. The fraction of sp³-hybridized carbons (Fsp3) is 0.312. The van der Waals surface area contributed by atoms with Gasteiger partial charge in [0.2, 0.25) is 0 Å². The molecule has 6 nitrogen and oxygen atoms in total. The van der Waals surface area contributed by atoms with E-state index in [1.807, 2.05) is 24.3 Å². The summed E-state index contributed by atoms with van der Waals surface area (Å²) in [6, 6.07) is 10.7. The number of carbonyl (C=O) groups excluding carboxylic acids is 1. The van der Waals surface area contributed by atoms with Gasteiger partial charge in [-0.3, -0.25) is 0 Å². The zero-order valence-corrected chi connectivity index (χ0v) is 12.4. The summed E-state index contributed by atoms with van der Waals surface area (Å²) in [5, 5.41) is 15.1. The zero-order chi connectivity index (χ0) is 15.8. The van der Waals surface area contributed by atoms with Crippen molar-refractivity contribution in [2.24, 2.45) is 0 Å². The summed E-state index contributed by atoms with van der Waals surface area (Å²) < 4.78 is 10.2. The lowest BCUT2D eigenvalue weighted by Crippen LogP contribution is -2.38. The van der Waals surface area contributed by atoms with Crippen molar-refractivity contribution < 1.29 is 19.1 Å². The number of carbonyl (C=O) groups is 1. The van der Waals surface area contributed by atoms with Crippen molar-refractivity contribution in [3.63, 3.8) is 0 Å². The first-order valence-electron chi connectivity index (χ1n) is 7.05. The summed E-state index contributed by atoms with van der Waals surface area (Å²) in [5.41, 5.74) is 1.08. The standard InChI is InChI=1S/C16H20N2O4/c1-21-13-5-2-4-12(10-13)7-8-17-16(20)18-11-14(19)15-6-3-9-22-15/h2-6,9-10,14,19H,7-8,11H2,1H3,(H2,17,18,20). The molecule has 22 heavy (non-hydrogen) atoms. The van der Waals surface area contributed by atoms with Crippen molar-refractivity contribution >= 4 is 6.03 Å². The largest absolute Gasteiger partial charge is 0.497 e. The normalized spacial score (nSPS) is 11.7. The molecule has 1 atom stereocenters. The van der Waals surface area contributed by atoms with Gasteiger partial charge in [-0.1, -0.05) is 12.1 Å². The molecule has 0 spiro atoms. The summed E-state index contributed by atoms with van der Waals surface area (Å²) in [5.74, 6) is 1.22. The van der Waals surface area contributed by atoms with Crippen LogP contribution in [0.3, 0.4) is 0 Å². The van der Waals surface area contributed by atoms with Crippen molar-refractivity contribution in [2.45, 2.75) is 12.5 Å². The third kappa shape index (κ3) is 4.82. The molecule has 0 fully saturated rings. The lowest BCUT2D eigenvalue weighted by atomic mass is 10.1. The summed E-state index contributed by atoms with van der Waals surface area (Å²) in [6.07, 6.45) is 1.33. The van der Waals surface area contributed by atoms with Gasteiger partial charge < -0.3 is 24.9 Å². The number of furan rings is 1. The summed E-state index contributed by atoms with van der Waals surface area (Å²) in [4.78, 5) is 11.6. The van der Waals surface area contributed by atoms with Crippen molar-refractivity contribution in [3.05, 3.63) is 54.0 Å². The van der Waals surface area contributed by atoms with E-state index in [9.17, 15) is 9.90 Å². The van der Waals surface area contributed by atoms with Gasteiger partial charge in [0.15, 0.2) is 0 Å². The Labute approximate surface area is 129 Å². The SMILES string of the molecule is COc1cccc(CCNC(=O)NCC(O)c2ccco2)c1. The third-order valence-corrected chi connectivity index (χ3v) is 3.16. The van der Waals surface area contributed by atoms with Crippen LogP contribution >= 0.6 is 0 Å². The second-order valence-corrected chi connectivity index (χ2v) is 4.77. The van der Waals surface area contributed by atoms with E-state index in [2.05, 4.69) is 10.6 Å². The predicted octanol–water partition coefficient (Wildman–Crippen LogP) is 1.86. The molecule has 0 saturated heterocycles. The van der Waals surface area contributed by atoms with Crippen molar-refractivity contribution in [1.29, 1.82) is 0 Å². The van der Waals surface area contributed by atoms with E-state index < -0.39 is 6.10 Å². The van der Waals surface area contributed by atoms with Crippen LogP contribution in [-0.2, 0) is 6.42 Å². The minimum atomic E-state index is -0.848. The Kier molecular flexibility index (Phi) is 5.85. The molecule has 0 aliphatic rings. The Bertz CT molecular complexity index is 584. The molecule has 118 valence electrons. The third-order valence-electron chi connectivity index (χ3n) is 3.16. The first-order chi connectivity index (χ1) is 10.7. The van der Waals surface area contributed by atoms with Crippen molar-refractivity contribution in [1.82, 2.24) is 10.6 Å². The van der Waals surface area contributed by atoms with Crippen LogP contribution in [0.2, 0.25) is 0 Å². The number of aliphatic hydroxyl groups is 1. The molecule has 0 radical (unpaired) electrons. The van der Waals surface area contributed by atoms with E-state index in [1.165, 1.54) is 6.26 Å². The van der Waals surface area contributed by atoms with E-state index in [0.29, 0.717) is 18.7 Å². The van der Waals surface area contributed by atoms with Crippen LogP contribution in [0.15, 0.2) is 47.1 Å². The minimum Gasteiger partial charge on any atom is -0.497 e. The maximum Gasteiger partial charge on any atom is 0.314 e. The fourth-order valence-electron chi connectivity index (χ4n) is 1.98. The highest BCUT2D eigenvalue weighted by Crippen LogP contribution is 2.13. The van der Waals surface area contributed by atoms with E-state index in [0.717, 1.165) is 11.3 Å². The molecule has 2 amide bonds. The Morgan fingerprint density at radius 3 is 2.91 bits per heavy atom. The molecule has 1 heterocycles. The predicted molar refractivity (Wildman–Crippen MR) is 81.8 cm³/mol. The Morgan fingerprint density at radius 1 is 1.32 bits per heavy atom. The number of amides is 2. The number of urea groups is 1. The average molecular weight is 304 g/mol. The molecule has 0 aliphatic heterocycles. The smallest absolute Gasteiger partial charge is 0.314 e. The average Bonchev–Trinajstić information content (AvgIpc) is 3.07. The number of methoxy groups -OCH3 is 1. The summed E-state index contributed by atoms with van der Waals surface area (Å²) in [6.45, 7) is 0.592. The van der Waals surface area contributed by atoms with Gasteiger partial charge in [0.05, 0.1) is 19.9 Å². The van der Waals surface area contributed by atoms with Gasteiger partial charge in [-0.25, -0.2) is 4.79 Å². The number of benzene rings is 1. The molecule has 2 aromatic rings. The molecule has 3 N–H and O–H groups in total. The Hall–Kier alpha value is -2.47. The number of rotatable bonds is 7. The van der Waals surface area contributed by atoms with Crippen molar-refractivity contribution in [3.8, 4) is 5.75 Å². The highest BCUT2D eigenvalue weighted by molar-refractivity contribution is 5.73. The Morgan fingerprint density at radius 2 is 2.18 bits per heavy atom. The van der Waals surface area contributed by atoms with E-state index >= 15 is 0 Å². The molecule has 2 rings (SSSR count). The van der Waals surface area contributed by atoms with Gasteiger partial charge in [0, 0.05) is 6.54 Å². The van der Waals surface area contributed by atoms with E-state index in [1.54, 1.807) is 19.2 Å². The number of ether oxygens (including phenoxy) is 1. The van der Waals surface area contributed by atoms with Crippen LogP contribution in [-0.4, -0.2) is 31.3 Å². The zero-order valence-electron chi connectivity index (χ0n) is 12.4.